The van der Waals surface area contributed by atoms with Crippen molar-refractivity contribution in [3.63, 3.8) is 0 Å². The first-order valence-electron chi connectivity index (χ1n) is 4.57. The molecule has 0 fully saturated rings. The summed E-state index contributed by atoms with van der Waals surface area (Å²) in [5, 5.41) is 8.83. The van der Waals surface area contributed by atoms with Crippen molar-refractivity contribution in [2.24, 2.45) is 0 Å². The molecule has 0 saturated heterocycles. The summed E-state index contributed by atoms with van der Waals surface area (Å²) in [6.45, 7) is 5.20. The Bertz CT molecular complexity index is 74.0. The monoisotopic (exact) mass is 160 g/mol. The van der Waals surface area contributed by atoms with Crippen LogP contribution in [-0.2, 0) is 4.74 Å². The fourth-order valence-corrected chi connectivity index (χ4v) is 0.944. The Morgan fingerprint density at radius 3 is 2.45 bits per heavy atom. The molecule has 0 aromatic carbocycles. The van der Waals surface area contributed by atoms with Gasteiger partial charge in [0.15, 0.2) is 0 Å². The van der Waals surface area contributed by atoms with E-state index in [9.17, 15) is 0 Å². The molecule has 0 aliphatic heterocycles. The maximum atomic E-state index is 8.83. The third kappa shape index (κ3) is 6.32. The minimum Gasteiger partial charge on any atom is -0.394 e. The summed E-state index contributed by atoms with van der Waals surface area (Å²) >= 11 is 0. The Morgan fingerprint density at radius 1 is 1.27 bits per heavy atom. The van der Waals surface area contributed by atoms with Crippen molar-refractivity contribution < 1.29 is 9.84 Å². The van der Waals surface area contributed by atoms with Gasteiger partial charge in [0, 0.05) is 6.61 Å². The lowest BCUT2D eigenvalue weighted by Crippen LogP contribution is -2.17. The van der Waals surface area contributed by atoms with Gasteiger partial charge in [0.1, 0.15) is 0 Å². The van der Waals surface area contributed by atoms with Gasteiger partial charge in [0.25, 0.3) is 0 Å². The zero-order valence-electron chi connectivity index (χ0n) is 7.68. The van der Waals surface area contributed by atoms with Crippen LogP contribution in [-0.4, -0.2) is 24.4 Å². The first-order valence-corrected chi connectivity index (χ1v) is 4.57. The van der Waals surface area contributed by atoms with Crippen molar-refractivity contribution in [2.45, 2.75) is 45.6 Å². The first kappa shape index (κ1) is 10.9. The molecule has 2 heteroatoms. The largest absolute Gasteiger partial charge is 0.394 e. The maximum absolute atomic E-state index is 8.83. The molecule has 0 aliphatic rings. The summed E-state index contributed by atoms with van der Waals surface area (Å²) in [6, 6.07) is 0. The van der Waals surface area contributed by atoms with E-state index in [1.807, 2.05) is 0 Å². The fourth-order valence-electron chi connectivity index (χ4n) is 0.944. The van der Waals surface area contributed by atoms with Gasteiger partial charge in [-0.2, -0.15) is 0 Å². The Labute approximate surface area is 69.6 Å². The molecule has 68 valence electrons. The molecule has 1 unspecified atom stereocenters. The van der Waals surface area contributed by atoms with Gasteiger partial charge < -0.3 is 9.84 Å². The van der Waals surface area contributed by atoms with E-state index in [1.165, 1.54) is 0 Å². The van der Waals surface area contributed by atoms with Gasteiger partial charge >= 0.3 is 0 Å². The minimum absolute atomic E-state index is 0.0755. The molecule has 0 spiro atoms. The lowest BCUT2D eigenvalue weighted by atomic mass is 10.2. The van der Waals surface area contributed by atoms with Crippen LogP contribution in [0.3, 0.4) is 0 Å². The third-order valence-corrected chi connectivity index (χ3v) is 1.67. The highest BCUT2D eigenvalue weighted by molar-refractivity contribution is 4.53. The van der Waals surface area contributed by atoms with Gasteiger partial charge in [-0.15, -0.1) is 0 Å². The van der Waals surface area contributed by atoms with E-state index in [-0.39, 0.29) is 12.7 Å². The second-order valence-electron chi connectivity index (χ2n) is 2.82. The lowest BCUT2D eigenvalue weighted by Gasteiger charge is -2.13. The van der Waals surface area contributed by atoms with Crippen molar-refractivity contribution >= 4 is 0 Å². The number of hydrogen-bond acceptors (Lipinski definition) is 2. The summed E-state index contributed by atoms with van der Waals surface area (Å²) < 4.78 is 5.42. The number of ether oxygens (including phenoxy) is 1. The molecule has 1 N–H and O–H groups in total. The molecule has 0 aromatic heterocycles. The lowest BCUT2D eigenvalue weighted by molar-refractivity contribution is 0.00657. The highest BCUT2D eigenvalue weighted by atomic mass is 16.5. The van der Waals surface area contributed by atoms with Gasteiger partial charge in [0.2, 0.25) is 0 Å². The van der Waals surface area contributed by atoms with E-state index in [0.29, 0.717) is 0 Å². The van der Waals surface area contributed by atoms with Crippen LogP contribution in [0.4, 0.5) is 0 Å². The molecule has 0 aromatic rings. The predicted molar refractivity (Wildman–Crippen MR) is 46.6 cm³/mol. The quantitative estimate of drug-likeness (QED) is 0.577. The second kappa shape index (κ2) is 8.02. The molecule has 2 nitrogen and oxygen atoms in total. The van der Waals surface area contributed by atoms with E-state index in [1.54, 1.807) is 0 Å². The van der Waals surface area contributed by atoms with Crippen LogP contribution in [0.25, 0.3) is 0 Å². The number of aliphatic hydroxyl groups is 1. The molecule has 0 heterocycles. The van der Waals surface area contributed by atoms with Crippen LogP contribution in [0.15, 0.2) is 0 Å². The van der Waals surface area contributed by atoms with Gasteiger partial charge in [-0.3, -0.25) is 0 Å². The van der Waals surface area contributed by atoms with E-state index >= 15 is 0 Å². The zero-order valence-corrected chi connectivity index (χ0v) is 7.68. The van der Waals surface area contributed by atoms with Gasteiger partial charge in [-0.1, -0.05) is 26.7 Å². The Hall–Kier alpha value is -0.0800. The highest BCUT2D eigenvalue weighted by Gasteiger charge is 2.04. The van der Waals surface area contributed by atoms with Crippen LogP contribution in [0.5, 0.6) is 0 Å². The first-order chi connectivity index (χ1) is 5.35. The Kier molecular flexibility index (Phi) is 7.96. The van der Waals surface area contributed by atoms with Crippen LogP contribution in [0.1, 0.15) is 39.5 Å². The summed E-state index contributed by atoms with van der Waals surface area (Å²) in [6.07, 6.45) is 4.38. The fraction of sp³-hybridized carbons (Fsp3) is 1.00. The Balaban J connectivity index is 3.20. The van der Waals surface area contributed by atoms with Gasteiger partial charge in [-0.05, 0) is 12.8 Å². The average Bonchev–Trinajstić information content (AvgIpc) is 2.03. The van der Waals surface area contributed by atoms with Gasteiger partial charge in [0.05, 0.1) is 12.7 Å². The molecule has 0 rings (SSSR count). The van der Waals surface area contributed by atoms with Crippen LogP contribution >= 0.6 is 0 Å². The molecular weight excluding hydrogens is 140 g/mol. The molecule has 1 atom stereocenters. The standard InChI is InChI=1S/C9H20O2/c1-3-5-7-11-9(8-10)6-4-2/h9-10H,3-8H2,1-2H3. The molecule has 0 amide bonds. The van der Waals surface area contributed by atoms with Gasteiger partial charge in [-0.25, -0.2) is 0 Å². The number of rotatable bonds is 7. The summed E-state index contributed by atoms with van der Waals surface area (Å²) in [5.74, 6) is 0. The second-order valence-corrected chi connectivity index (χ2v) is 2.82. The molecule has 0 radical (unpaired) electrons. The van der Waals surface area contributed by atoms with Crippen molar-refractivity contribution in [3.8, 4) is 0 Å². The molecular formula is C9H20O2. The normalized spacial score (nSPS) is 13.4. The summed E-state index contributed by atoms with van der Waals surface area (Å²) in [7, 11) is 0. The van der Waals surface area contributed by atoms with E-state index in [4.69, 9.17) is 9.84 Å². The molecule has 0 saturated carbocycles. The molecule has 11 heavy (non-hydrogen) atoms. The third-order valence-electron chi connectivity index (χ3n) is 1.67. The maximum Gasteiger partial charge on any atom is 0.0805 e. The number of unbranched alkanes of at least 4 members (excludes halogenated alkanes) is 1. The minimum atomic E-state index is 0.0755. The predicted octanol–water partition coefficient (Wildman–Crippen LogP) is 1.96. The number of aliphatic hydroxyl groups excluding tert-OH is 1. The molecule has 0 aliphatic carbocycles. The topological polar surface area (TPSA) is 29.5 Å². The SMILES string of the molecule is CCCCOC(CO)CCC. The number of hydrogen-bond donors (Lipinski definition) is 1. The summed E-state index contributed by atoms with van der Waals surface area (Å²) in [5.41, 5.74) is 0. The average molecular weight is 160 g/mol. The van der Waals surface area contributed by atoms with Crippen LogP contribution in [0.2, 0.25) is 0 Å². The Morgan fingerprint density at radius 2 is 2.00 bits per heavy atom. The van der Waals surface area contributed by atoms with E-state index < -0.39 is 0 Å². The smallest absolute Gasteiger partial charge is 0.0805 e. The molecule has 0 bridgehead atoms. The van der Waals surface area contributed by atoms with E-state index in [2.05, 4.69) is 13.8 Å². The van der Waals surface area contributed by atoms with Crippen LogP contribution in [0, 0.1) is 0 Å². The van der Waals surface area contributed by atoms with Crippen molar-refractivity contribution in [2.75, 3.05) is 13.2 Å². The zero-order chi connectivity index (χ0) is 8.53. The summed E-state index contributed by atoms with van der Waals surface area (Å²) in [4.78, 5) is 0. The highest BCUT2D eigenvalue weighted by Crippen LogP contribution is 2.02. The van der Waals surface area contributed by atoms with Crippen molar-refractivity contribution in [3.05, 3.63) is 0 Å². The van der Waals surface area contributed by atoms with Crippen molar-refractivity contribution in [1.82, 2.24) is 0 Å². The van der Waals surface area contributed by atoms with E-state index in [0.717, 1.165) is 32.3 Å². The van der Waals surface area contributed by atoms with Crippen molar-refractivity contribution in [1.29, 1.82) is 0 Å². The van der Waals surface area contributed by atoms with Crippen LogP contribution < -0.4 is 0 Å².